The summed E-state index contributed by atoms with van der Waals surface area (Å²) in [4.78, 5) is 4.86. The van der Waals surface area contributed by atoms with Crippen LogP contribution in [0.3, 0.4) is 0 Å². The number of hydrogen-bond acceptors (Lipinski definition) is 7. The summed E-state index contributed by atoms with van der Waals surface area (Å²) < 4.78 is 8.30. The second-order valence-corrected chi connectivity index (χ2v) is 12.4. The van der Waals surface area contributed by atoms with Gasteiger partial charge in [0.2, 0.25) is 0 Å². The summed E-state index contributed by atoms with van der Waals surface area (Å²) in [5, 5.41) is 28.4. The molecule has 0 amide bonds. The molecule has 173 valence electrons. The molecule has 0 atom stereocenters. The first-order valence-corrected chi connectivity index (χ1v) is 13.7. The summed E-state index contributed by atoms with van der Waals surface area (Å²) >= 11 is 0. The largest absolute Gasteiger partial charge is 0.429 e. The third-order valence-electron chi connectivity index (χ3n) is 7.73. The molecular weight excluding hydrogens is 482 g/mol. The van der Waals surface area contributed by atoms with Crippen LogP contribution in [-0.4, -0.2) is 61.9 Å². The highest BCUT2D eigenvalue weighted by atomic mass is 28.4. The van der Waals surface area contributed by atoms with Gasteiger partial charge < -0.3 is 17.3 Å². The molecule has 0 saturated carbocycles. The van der Waals surface area contributed by atoms with Gasteiger partial charge in [0.05, 0.1) is 28.4 Å². The van der Waals surface area contributed by atoms with E-state index in [-0.39, 0.29) is 0 Å². The second-order valence-electron chi connectivity index (χ2n) is 9.41. The van der Waals surface area contributed by atoms with E-state index < -0.39 is 8.72 Å². The summed E-state index contributed by atoms with van der Waals surface area (Å²) in [6, 6.07) is 24.6. The van der Waals surface area contributed by atoms with Gasteiger partial charge in [0.1, 0.15) is 16.6 Å². The Balaban J connectivity index is 1.59. The highest BCUT2D eigenvalue weighted by Crippen LogP contribution is 2.43. The standard InChI is InChI=1S/C25H13N11Si/c1-5-14-15-6-2-10-19-23(15)34(30-27-19)37(33-13-26-18(9-1)22(14)33)35-24-16(7-3-11-20(24)28-31-35)17-8-4-12-21-25(17)36(37)32-29-21/h1-13H/q-1. The Morgan fingerprint density at radius 1 is 0.459 bits per heavy atom. The smallest absolute Gasteiger partial charge is 0.362 e. The lowest BCUT2D eigenvalue weighted by molar-refractivity contribution is 0.671. The van der Waals surface area contributed by atoms with E-state index in [2.05, 4.69) is 43.8 Å². The number of rotatable bonds is 0. The number of benzene rings is 4. The van der Waals surface area contributed by atoms with Crippen molar-refractivity contribution in [1.82, 2.24) is 53.2 Å². The molecule has 2 aliphatic rings. The fourth-order valence-electron chi connectivity index (χ4n) is 6.29. The highest BCUT2D eigenvalue weighted by Gasteiger charge is 2.45. The number of hydrogen-bond donors (Lipinski definition) is 0. The molecule has 0 radical (unpaired) electrons. The molecule has 0 bridgehead atoms. The molecule has 10 rings (SSSR count). The van der Waals surface area contributed by atoms with Crippen LogP contribution in [0.5, 0.6) is 0 Å². The predicted octanol–water partition coefficient (Wildman–Crippen LogP) is 3.16. The number of fused-ring (bicyclic) bond motifs is 6. The lowest BCUT2D eigenvalue weighted by atomic mass is 10.0. The van der Waals surface area contributed by atoms with Crippen LogP contribution in [-0.2, 0) is 0 Å². The van der Waals surface area contributed by atoms with E-state index >= 15 is 0 Å². The highest BCUT2D eigenvalue weighted by molar-refractivity contribution is 6.76. The maximum absolute atomic E-state index is 4.86. The Kier molecular flexibility index (Phi) is 2.82. The van der Waals surface area contributed by atoms with Crippen LogP contribution < -0.4 is 0 Å². The summed E-state index contributed by atoms with van der Waals surface area (Å²) in [5.41, 5.74) is 11.2. The lowest BCUT2D eigenvalue weighted by Gasteiger charge is -2.43. The molecule has 1 spiro atoms. The molecule has 0 aliphatic carbocycles. The molecule has 12 heteroatoms. The van der Waals surface area contributed by atoms with E-state index in [0.29, 0.717) is 0 Å². The average Bonchev–Trinajstić information content (AvgIpc) is 3.72. The number of para-hydroxylation sites is 4. The van der Waals surface area contributed by atoms with Crippen molar-refractivity contribution in [3.63, 3.8) is 0 Å². The third kappa shape index (κ3) is 1.81. The van der Waals surface area contributed by atoms with Gasteiger partial charge >= 0.3 is 8.72 Å². The van der Waals surface area contributed by atoms with Crippen LogP contribution in [0.1, 0.15) is 0 Å². The van der Waals surface area contributed by atoms with Crippen molar-refractivity contribution < 1.29 is 0 Å². The summed E-state index contributed by atoms with van der Waals surface area (Å²) in [7, 11) is -3.58. The van der Waals surface area contributed by atoms with E-state index in [1.807, 2.05) is 67.9 Å². The minimum Gasteiger partial charge on any atom is -0.429 e. The Morgan fingerprint density at radius 3 is 1.32 bits per heavy atom. The van der Waals surface area contributed by atoms with Gasteiger partial charge in [-0.3, -0.25) is 0 Å². The SMILES string of the molecule is c1cc2c3c(c1)ncn3[Si-]1(n3nnc4cccc-2c43)n2nnc3cccc(c32)-c2cccc3nnn1c23. The number of nitrogens with zero attached hydrogens (tertiary/aromatic N) is 11. The Bertz CT molecular complexity index is 1960. The molecule has 2 aliphatic heterocycles. The van der Waals surface area contributed by atoms with Crippen LogP contribution in [0, 0.1) is 0 Å². The molecule has 0 N–H and O–H groups in total. The van der Waals surface area contributed by atoms with Crippen molar-refractivity contribution in [3.8, 4) is 22.3 Å². The third-order valence-corrected chi connectivity index (χ3v) is 11.4. The second kappa shape index (κ2) is 5.76. The molecule has 0 fully saturated rings. The van der Waals surface area contributed by atoms with Crippen molar-refractivity contribution >= 4 is 52.9 Å². The number of aromatic nitrogens is 11. The first kappa shape index (κ1) is 18.1. The van der Waals surface area contributed by atoms with Crippen LogP contribution >= 0.6 is 0 Å². The van der Waals surface area contributed by atoms with Crippen molar-refractivity contribution in [1.29, 1.82) is 0 Å². The first-order valence-electron chi connectivity index (χ1n) is 11.9. The molecule has 11 nitrogen and oxygen atoms in total. The van der Waals surface area contributed by atoms with E-state index in [1.165, 1.54) is 0 Å². The summed E-state index contributed by atoms with van der Waals surface area (Å²) in [6.07, 6.45) is 1.89. The van der Waals surface area contributed by atoms with Crippen molar-refractivity contribution in [2.45, 2.75) is 0 Å². The monoisotopic (exact) mass is 495 g/mol. The average molecular weight is 496 g/mol. The van der Waals surface area contributed by atoms with Crippen molar-refractivity contribution in [2.75, 3.05) is 0 Å². The molecule has 0 saturated heterocycles. The Morgan fingerprint density at radius 2 is 0.865 bits per heavy atom. The maximum atomic E-state index is 4.86. The maximum Gasteiger partial charge on any atom is 0.362 e. The molecule has 8 aromatic rings. The van der Waals surface area contributed by atoms with Crippen LogP contribution in [0.4, 0.5) is 0 Å². The van der Waals surface area contributed by atoms with Gasteiger partial charge in [-0.25, -0.2) is 4.98 Å². The summed E-state index contributed by atoms with van der Waals surface area (Å²) in [6.45, 7) is 0. The Labute approximate surface area is 207 Å². The minimum atomic E-state index is -3.58. The van der Waals surface area contributed by atoms with Gasteiger partial charge in [-0.05, 0) is 24.3 Å². The lowest BCUT2D eigenvalue weighted by Crippen LogP contribution is -2.65. The fourth-order valence-corrected chi connectivity index (χ4v) is 10.3. The predicted molar refractivity (Wildman–Crippen MR) is 138 cm³/mol. The van der Waals surface area contributed by atoms with Gasteiger partial charge in [0.15, 0.2) is 0 Å². The van der Waals surface area contributed by atoms with Crippen LogP contribution in [0.15, 0.2) is 79.1 Å². The van der Waals surface area contributed by atoms with Gasteiger partial charge in [-0.2, -0.15) is 0 Å². The topological polar surface area (TPSA) is 110 Å². The van der Waals surface area contributed by atoms with E-state index in [0.717, 1.165) is 66.4 Å². The van der Waals surface area contributed by atoms with Crippen molar-refractivity contribution in [2.24, 2.45) is 0 Å². The summed E-state index contributed by atoms with van der Waals surface area (Å²) in [5.74, 6) is 0. The van der Waals surface area contributed by atoms with Gasteiger partial charge in [-0.15, -0.1) is 30.9 Å². The van der Waals surface area contributed by atoms with Gasteiger partial charge in [-0.1, -0.05) is 48.5 Å². The van der Waals surface area contributed by atoms with Crippen LogP contribution in [0.25, 0.3) is 66.4 Å². The minimum absolute atomic E-state index is 0.804. The number of imidazole rings is 1. The zero-order chi connectivity index (χ0) is 23.9. The van der Waals surface area contributed by atoms with Gasteiger partial charge in [0, 0.05) is 27.8 Å². The quantitative estimate of drug-likeness (QED) is 0.297. The van der Waals surface area contributed by atoms with Crippen molar-refractivity contribution in [3.05, 3.63) is 79.1 Å². The molecule has 4 aromatic heterocycles. The normalized spacial score (nSPS) is 14.7. The zero-order valence-corrected chi connectivity index (χ0v) is 19.9. The van der Waals surface area contributed by atoms with Crippen LogP contribution in [0.2, 0.25) is 0 Å². The Hall–Kier alpha value is -5.23. The molecule has 0 unspecified atom stereocenters. The molecular formula is C25H13N11Si-. The molecule has 4 aromatic carbocycles. The fraction of sp³-hybridized carbons (Fsp3) is 0. The van der Waals surface area contributed by atoms with Gasteiger partial charge in [0.25, 0.3) is 0 Å². The van der Waals surface area contributed by atoms with E-state index in [1.54, 1.807) is 0 Å². The zero-order valence-electron chi connectivity index (χ0n) is 18.9. The van der Waals surface area contributed by atoms with E-state index in [4.69, 9.17) is 20.6 Å². The van der Waals surface area contributed by atoms with E-state index in [9.17, 15) is 0 Å². The molecule has 6 heterocycles. The first-order chi connectivity index (χ1) is 18.4. The molecule has 37 heavy (non-hydrogen) atoms.